The van der Waals surface area contributed by atoms with Crippen LogP contribution in [0.15, 0.2) is 43.0 Å². The van der Waals surface area contributed by atoms with Crippen LogP contribution in [0.1, 0.15) is 90.9 Å². The van der Waals surface area contributed by atoms with Gasteiger partial charge in [-0.05, 0) is 69.0 Å². The van der Waals surface area contributed by atoms with Crippen LogP contribution in [0.25, 0.3) is 11.1 Å². The third-order valence-electron chi connectivity index (χ3n) is 6.09. The summed E-state index contributed by atoms with van der Waals surface area (Å²) in [5.41, 5.74) is 2.47. The van der Waals surface area contributed by atoms with E-state index in [1.54, 1.807) is 0 Å². The van der Waals surface area contributed by atoms with Crippen molar-refractivity contribution in [2.24, 2.45) is 0 Å². The predicted molar refractivity (Wildman–Crippen MR) is 157 cm³/mol. The Balaban J connectivity index is 1.62. The number of fused-ring (bicyclic) bond motifs is 3. The Kier molecular flexibility index (Phi) is 13.1. The van der Waals surface area contributed by atoms with E-state index in [1.165, 1.54) is 85.1 Å². The lowest BCUT2D eigenvalue weighted by Crippen LogP contribution is -2.01. The van der Waals surface area contributed by atoms with E-state index >= 15 is 0 Å². The standard InChI is InChI=1S/C28H38Br2O2S2/c1-3-5-7-9-11-13-15-31-25-17-21-22-18-26(32-16-14-12-10-8-6-4-2)24(30)20-28(22)34-33-27(21)19-23(25)29/h17-20H,3-16H2,1-2H3. The molecule has 2 nitrogen and oxygen atoms in total. The molecule has 0 bridgehead atoms. The molecule has 1 aliphatic heterocycles. The quantitative estimate of drug-likeness (QED) is 0.136. The average molecular weight is 631 g/mol. The number of halogens is 2. The van der Waals surface area contributed by atoms with Gasteiger partial charge in [-0.25, -0.2) is 0 Å². The van der Waals surface area contributed by atoms with Crippen molar-refractivity contribution in [2.45, 2.75) is 101 Å². The van der Waals surface area contributed by atoms with Crippen molar-refractivity contribution in [1.82, 2.24) is 0 Å². The van der Waals surface area contributed by atoms with Crippen LogP contribution in [0.2, 0.25) is 0 Å². The fourth-order valence-electron chi connectivity index (χ4n) is 4.07. The maximum Gasteiger partial charge on any atom is 0.134 e. The summed E-state index contributed by atoms with van der Waals surface area (Å²) in [4.78, 5) is 2.53. The Hall–Kier alpha value is -0.300. The van der Waals surface area contributed by atoms with Crippen LogP contribution in [0, 0.1) is 0 Å². The van der Waals surface area contributed by atoms with Crippen LogP contribution in [0.3, 0.4) is 0 Å². The number of hydrogen-bond donors (Lipinski definition) is 0. The largest absolute Gasteiger partial charge is 0.492 e. The topological polar surface area (TPSA) is 18.5 Å². The van der Waals surface area contributed by atoms with Gasteiger partial charge in [-0.3, -0.25) is 0 Å². The minimum absolute atomic E-state index is 0.769. The fourth-order valence-corrected chi connectivity index (χ4v) is 7.68. The van der Waals surface area contributed by atoms with E-state index in [0.717, 1.165) is 46.5 Å². The van der Waals surface area contributed by atoms with E-state index in [2.05, 4.69) is 70.0 Å². The molecular formula is C28H38Br2O2S2. The van der Waals surface area contributed by atoms with Crippen LogP contribution in [0.5, 0.6) is 11.5 Å². The Morgan fingerprint density at radius 2 is 0.941 bits per heavy atom. The molecule has 6 heteroatoms. The van der Waals surface area contributed by atoms with Gasteiger partial charge in [0.05, 0.1) is 22.2 Å². The molecule has 0 aliphatic carbocycles. The summed E-state index contributed by atoms with van der Waals surface area (Å²) in [6, 6.07) is 8.80. The van der Waals surface area contributed by atoms with Crippen LogP contribution >= 0.6 is 53.4 Å². The zero-order valence-electron chi connectivity index (χ0n) is 20.6. The van der Waals surface area contributed by atoms with E-state index in [0.29, 0.717) is 0 Å². The number of benzene rings is 2. The van der Waals surface area contributed by atoms with Crippen molar-refractivity contribution in [2.75, 3.05) is 13.2 Å². The summed E-state index contributed by atoms with van der Waals surface area (Å²) in [6.07, 6.45) is 15.2. The Morgan fingerprint density at radius 3 is 1.35 bits per heavy atom. The van der Waals surface area contributed by atoms with Crippen molar-refractivity contribution < 1.29 is 9.47 Å². The maximum absolute atomic E-state index is 6.19. The van der Waals surface area contributed by atoms with E-state index in [4.69, 9.17) is 9.47 Å². The molecular weight excluding hydrogens is 592 g/mol. The minimum Gasteiger partial charge on any atom is -0.492 e. The molecule has 188 valence electrons. The van der Waals surface area contributed by atoms with Crippen LogP contribution in [-0.2, 0) is 0 Å². The molecule has 0 saturated heterocycles. The lowest BCUT2D eigenvalue weighted by Gasteiger charge is -2.22. The third kappa shape index (κ3) is 8.67. The van der Waals surface area contributed by atoms with Gasteiger partial charge >= 0.3 is 0 Å². The highest BCUT2D eigenvalue weighted by molar-refractivity contribution is 9.11. The molecule has 0 spiro atoms. The zero-order chi connectivity index (χ0) is 24.2. The monoisotopic (exact) mass is 628 g/mol. The predicted octanol–water partition coefficient (Wildman–Crippen LogP) is 11.5. The summed E-state index contributed by atoms with van der Waals surface area (Å²) in [5.74, 6) is 1.87. The number of ether oxygens (including phenoxy) is 2. The molecule has 0 N–H and O–H groups in total. The highest BCUT2D eigenvalue weighted by Crippen LogP contribution is 2.55. The van der Waals surface area contributed by atoms with E-state index in [1.807, 2.05) is 21.6 Å². The zero-order valence-corrected chi connectivity index (χ0v) is 25.4. The maximum atomic E-state index is 6.19. The summed E-state index contributed by atoms with van der Waals surface area (Å²) >= 11 is 7.46. The van der Waals surface area contributed by atoms with Crippen LogP contribution in [0.4, 0.5) is 0 Å². The Bertz CT molecular complexity index is 831. The summed E-state index contributed by atoms with van der Waals surface area (Å²) < 4.78 is 14.5. The molecule has 0 atom stereocenters. The van der Waals surface area contributed by atoms with Gasteiger partial charge in [-0.1, -0.05) is 99.6 Å². The SMILES string of the molecule is CCCCCCCCOc1cc2c(cc1Br)SSc1cc(Br)c(OCCCCCCCC)cc1-2. The molecule has 0 radical (unpaired) electrons. The van der Waals surface area contributed by atoms with E-state index < -0.39 is 0 Å². The number of unbranched alkanes of at least 4 members (excludes halogenated alkanes) is 10. The highest BCUT2D eigenvalue weighted by atomic mass is 79.9. The lowest BCUT2D eigenvalue weighted by molar-refractivity contribution is 0.302. The van der Waals surface area contributed by atoms with Gasteiger partial charge in [-0.2, -0.15) is 0 Å². The van der Waals surface area contributed by atoms with E-state index in [9.17, 15) is 0 Å². The molecule has 0 aromatic heterocycles. The molecule has 1 heterocycles. The molecule has 0 amide bonds. The highest BCUT2D eigenvalue weighted by Gasteiger charge is 2.22. The fraction of sp³-hybridized carbons (Fsp3) is 0.571. The smallest absolute Gasteiger partial charge is 0.134 e. The van der Waals surface area contributed by atoms with Gasteiger partial charge in [0, 0.05) is 20.9 Å². The Morgan fingerprint density at radius 1 is 0.559 bits per heavy atom. The molecule has 3 rings (SSSR count). The first-order chi connectivity index (χ1) is 16.6. The molecule has 0 saturated carbocycles. The minimum atomic E-state index is 0.769. The molecule has 0 unspecified atom stereocenters. The van der Waals surface area contributed by atoms with Gasteiger partial charge in [0.1, 0.15) is 11.5 Å². The van der Waals surface area contributed by atoms with Crippen molar-refractivity contribution in [3.63, 3.8) is 0 Å². The molecule has 2 aromatic rings. The van der Waals surface area contributed by atoms with Gasteiger partial charge < -0.3 is 9.47 Å². The summed E-state index contributed by atoms with van der Waals surface area (Å²) in [6.45, 7) is 6.06. The molecule has 0 fully saturated rings. The number of hydrogen-bond acceptors (Lipinski definition) is 4. The van der Waals surface area contributed by atoms with E-state index in [-0.39, 0.29) is 0 Å². The average Bonchev–Trinajstić information content (AvgIpc) is 2.83. The molecule has 1 aliphatic rings. The van der Waals surface area contributed by atoms with Crippen LogP contribution < -0.4 is 9.47 Å². The van der Waals surface area contributed by atoms with Crippen LogP contribution in [-0.4, -0.2) is 13.2 Å². The first-order valence-corrected chi connectivity index (χ1v) is 16.6. The number of rotatable bonds is 16. The van der Waals surface area contributed by atoms with Crippen molar-refractivity contribution in [3.8, 4) is 22.6 Å². The second-order valence-corrected chi connectivity index (χ2v) is 12.9. The van der Waals surface area contributed by atoms with Gasteiger partial charge in [0.15, 0.2) is 0 Å². The van der Waals surface area contributed by atoms with Crippen molar-refractivity contribution in [1.29, 1.82) is 0 Å². The second kappa shape index (κ2) is 15.7. The molecule has 2 aromatic carbocycles. The van der Waals surface area contributed by atoms with Gasteiger partial charge in [-0.15, -0.1) is 0 Å². The Labute approximate surface area is 231 Å². The van der Waals surface area contributed by atoms with Crippen molar-refractivity contribution in [3.05, 3.63) is 33.2 Å². The normalized spacial score (nSPS) is 12.4. The third-order valence-corrected chi connectivity index (χ3v) is 9.78. The molecule has 34 heavy (non-hydrogen) atoms. The lowest BCUT2D eigenvalue weighted by atomic mass is 10.0. The van der Waals surface area contributed by atoms with Crippen molar-refractivity contribution >= 4 is 53.4 Å². The van der Waals surface area contributed by atoms with Gasteiger partial charge in [0.2, 0.25) is 0 Å². The second-order valence-electron chi connectivity index (χ2n) is 8.96. The van der Waals surface area contributed by atoms with Gasteiger partial charge in [0.25, 0.3) is 0 Å². The summed E-state index contributed by atoms with van der Waals surface area (Å²) in [7, 11) is 3.62. The first kappa shape index (κ1) is 28.3. The summed E-state index contributed by atoms with van der Waals surface area (Å²) in [5, 5.41) is 0. The first-order valence-electron chi connectivity index (χ1n) is 12.9.